The fraction of sp³-hybridized carbons (Fsp3) is 0.0769. The molecule has 0 radical (unpaired) electrons. The summed E-state index contributed by atoms with van der Waals surface area (Å²) in [5.74, 6) is -1.59. The van der Waals surface area contributed by atoms with Crippen molar-refractivity contribution in [3.05, 3.63) is 40.1 Å². The van der Waals surface area contributed by atoms with Gasteiger partial charge in [-0.3, -0.25) is 14.8 Å². The molecule has 0 fully saturated rings. The Hall–Kier alpha value is -2.72. The molecule has 0 bridgehead atoms. The number of aromatic carboxylic acids is 1. The van der Waals surface area contributed by atoms with Crippen LogP contribution in [0.5, 0.6) is 0 Å². The topological polar surface area (TPSA) is 118 Å². The predicted octanol–water partition coefficient (Wildman–Crippen LogP) is 2.32. The first kappa shape index (κ1) is 15.2. The van der Waals surface area contributed by atoms with Crippen LogP contribution in [0.2, 0.25) is 0 Å². The van der Waals surface area contributed by atoms with Crippen LogP contribution >= 0.6 is 22.9 Å². The molecule has 0 saturated carbocycles. The number of carbonyl (C=O) groups excluding carboxylic acids is 1. The lowest BCUT2D eigenvalue weighted by molar-refractivity contribution is 0.0699. The monoisotopic (exact) mass is 347 g/mol. The fourth-order valence-electron chi connectivity index (χ4n) is 1.89. The maximum atomic E-state index is 12.2. The minimum atomic E-state index is -1.15. The zero-order valence-corrected chi connectivity index (χ0v) is 13.3. The van der Waals surface area contributed by atoms with Crippen molar-refractivity contribution >= 4 is 39.7 Å². The van der Waals surface area contributed by atoms with Crippen molar-refractivity contribution in [3.8, 4) is 11.3 Å². The van der Waals surface area contributed by atoms with Crippen molar-refractivity contribution in [2.75, 3.05) is 5.32 Å². The molecule has 0 aliphatic carbocycles. The molecular formula is C13H9N5O3S2. The van der Waals surface area contributed by atoms with Crippen molar-refractivity contribution < 1.29 is 14.7 Å². The van der Waals surface area contributed by atoms with Gasteiger partial charge in [0.05, 0.1) is 17.6 Å². The van der Waals surface area contributed by atoms with E-state index in [4.69, 9.17) is 0 Å². The van der Waals surface area contributed by atoms with Gasteiger partial charge in [-0.2, -0.15) is 0 Å². The fourth-order valence-corrected chi connectivity index (χ4v) is 3.38. The van der Waals surface area contributed by atoms with Gasteiger partial charge in [-0.05, 0) is 18.5 Å². The summed E-state index contributed by atoms with van der Waals surface area (Å²) in [6.07, 6.45) is 4.44. The highest BCUT2D eigenvalue weighted by molar-refractivity contribution is 7.15. The van der Waals surface area contributed by atoms with Crippen LogP contribution in [-0.2, 0) is 0 Å². The molecule has 3 heterocycles. The van der Waals surface area contributed by atoms with Gasteiger partial charge in [0.15, 0.2) is 0 Å². The lowest BCUT2D eigenvalue weighted by atomic mass is 10.1. The number of nitrogens with zero attached hydrogens (tertiary/aromatic N) is 4. The number of carboxylic acid groups (broad SMARTS) is 1. The molecule has 3 aromatic heterocycles. The number of rotatable bonds is 4. The van der Waals surface area contributed by atoms with E-state index in [9.17, 15) is 14.7 Å². The van der Waals surface area contributed by atoms with Crippen LogP contribution in [0.3, 0.4) is 0 Å². The normalized spacial score (nSPS) is 10.5. The second-order valence-electron chi connectivity index (χ2n) is 4.39. The molecule has 3 rings (SSSR count). The standard InChI is InChI=1S/C13H9N5O3S2/c1-6-10(23-18-17-6)11(19)16-12-9(13(20)21)7(5-22-12)8-4-14-2-3-15-8/h2-5H,1H3,(H,16,19)(H,20,21). The first-order valence-corrected chi connectivity index (χ1v) is 7.94. The Bertz CT molecular complexity index is 875. The number of hydrogen-bond donors (Lipinski definition) is 2. The Morgan fingerprint density at radius 1 is 1.30 bits per heavy atom. The number of aromatic nitrogens is 4. The number of nitrogens with one attached hydrogen (secondary N) is 1. The summed E-state index contributed by atoms with van der Waals surface area (Å²) in [4.78, 5) is 32.2. The maximum Gasteiger partial charge on any atom is 0.339 e. The number of anilines is 1. The van der Waals surface area contributed by atoms with Crippen molar-refractivity contribution in [2.24, 2.45) is 0 Å². The third-order valence-corrected chi connectivity index (χ3v) is 4.65. The van der Waals surface area contributed by atoms with Gasteiger partial charge in [-0.1, -0.05) is 4.49 Å². The van der Waals surface area contributed by atoms with Gasteiger partial charge in [0, 0.05) is 23.3 Å². The van der Waals surface area contributed by atoms with E-state index in [1.807, 2.05) is 0 Å². The van der Waals surface area contributed by atoms with Crippen LogP contribution < -0.4 is 5.32 Å². The van der Waals surface area contributed by atoms with Crippen molar-refractivity contribution in [2.45, 2.75) is 6.92 Å². The highest BCUT2D eigenvalue weighted by Gasteiger charge is 2.23. The molecule has 10 heteroatoms. The van der Waals surface area contributed by atoms with E-state index in [0.717, 1.165) is 22.9 Å². The Morgan fingerprint density at radius 3 is 2.74 bits per heavy atom. The molecule has 3 aromatic rings. The number of carbonyl (C=O) groups is 2. The molecule has 0 aliphatic heterocycles. The van der Waals surface area contributed by atoms with E-state index < -0.39 is 11.9 Å². The summed E-state index contributed by atoms with van der Waals surface area (Å²) >= 11 is 2.07. The van der Waals surface area contributed by atoms with Crippen LogP contribution in [-0.4, -0.2) is 36.5 Å². The van der Waals surface area contributed by atoms with E-state index in [1.165, 1.54) is 18.6 Å². The molecule has 0 aromatic carbocycles. The maximum absolute atomic E-state index is 12.2. The SMILES string of the molecule is Cc1nnsc1C(=O)Nc1scc(-c2cnccn2)c1C(=O)O. The van der Waals surface area contributed by atoms with E-state index >= 15 is 0 Å². The quantitative estimate of drug-likeness (QED) is 0.743. The zero-order chi connectivity index (χ0) is 16.4. The number of carboxylic acids is 1. The lowest BCUT2D eigenvalue weighted by Gasteiger charge is -2.04. The smallest absolute Gasteiger partial charge is 0.339 e. The Morgan fingerprint density at radius 2 is 2.13 bits per heavy atom. The first-order valence-electron chi connectivity index (χ1n) is 6.29. The minimum Gasteiger partial charge on any atom is -0.478 e. The number of thiophene rings is 1. The summed E-state index contributed by atoms with van der Waals surface area (Å²) in [6, 6.07) is 0. The van der Waals surface area contributed by atoms with Crippen molar-refractivity contribution in [3.63, 3.8) is 0 Å². The van der Waals surface area contributed by atoms with Gasteiger partial charge in [0.2, 0.25) is 0 Å². The van der Waals surface area contributed by atoms with Crippen LogP contribution in [0.1, 0.15) is 25.7 Å². The molecule has 0 spiro atoms. The molecule has 0 unspecified atom stereocenters. The average Bonchev–Trinajstić information content (AvgIpc) is 3.14. The molecule has 0 aliphatic rings. The molecular weight excluding hydrogens is 338 g/mol. The van der Waals surface area contributed by atoms with Crippen LogP contribution in [0, 0.1) is 6.92 Å². The second-order valence-corrected chi connectivity index (χ2v) is 6.02. The van der Waals surface area contributed by atoms with Gasteiger partial charge < -0.3 is 10.4 Å². The van der Waals surface area contributed by atoms with Crippen molar-refractivity contribution in [1.82, 2.24) is 19.6 Å². The Balaban J connectivity index is 1.98. The van der Waals surface area contributed by atoms with E-state index in [0.29, 0.717) is 21.8 Å². The van der Waals surface area contributed by atoms with Gasteiger partial charge in [-0.25, -0.2) is 4.79 Å². The van der Waals surface area contributed by atoms with Gasteiger partial charge in [-0.15, -0.1) is 16.4 Å². The Kier molecular flexibility index (Phi) is 4.08. The van der Waals surface area contributed by atoms with Gasteiger partial charge in [0.1, 0.15) is 15.4 Å². The lowest BCUT2D eigenvalue weighted by Crippen LogP contribution is -2.13. The molecule has 2 N–H and O–H groups in total. The summed E-state index contributed by atoms with van der Waals surface area (Å²) < 4.78 is 3.69. The number of aryl methyl sites for hydroxylation is 1. The first-order chi connectivity index (χ1) is 11.1. The van der Waals surface area contributed by atoms with E-state index in [1.54, 1.807) is 12.3 Å². The summed E-state index contributed by atoms with van der Waals surface area (Å²) in [6.45, 7) is 1.66. The number of hydrogen-bond acceptors (Lipinski definition) is 8. The average molecular weight is 347 g/mol. The van der Waals surface area contributed by atoms with Crippen LogP contribution in [0.25, 0.3) is 11.3 Å². The third-order valence-electron chi connectivity index (χ3n) is 2.93. The molecule has 0 atom stereocenters. The predicted molar refractivity (Wildman–Crippen MR) is 84.9 cm³/mol. The molecule has 8 nitrogen and oxygen atoms in total. The van der Waals surface area contributed by atoms with Gasteiger partial charge >= 0.3 is 5.97 Å². The third kappa shape index (κ3) is 2.94. The minimum absolute atomic E-state index is 0.0148. The zero-order valence-electron chi connectivity index (χ0n) is 11.7. The van der Waals surface area contributed by atoms with Crippen LogP contribution in [0.15, 0.2) is 24.0 Å². The Labute approximate surface area is 138 Å². The van der Waals surface area contributed by atoms with Gasteiger partial charge in [0.25, 0.3) is 5.91 Å². The molecule has 1 amide bonds. The molecule has 0 saturated heterocycles. The van der Waals surface area contributed by atoms with E-state index in [-0.39, 0.29) is 10.6 Å². The van der Waals surface area contributed by atoms with E-state index in [2.05, 4.69) is 24.9 Å². The molecule has 116 valence electrons. The largest absolute Gasteiger partial charge is 0.478 e. The highest BCUT2D eigenvalue weighted by Crippen LogP contribution is 2.34. The summed E-state index contributed by atoms with van der Waals surface area (Å²) in [5.41, 5.74) is 1.32. The van der Waals surface area contributed by atoms with Crippen LogP contribution in [0.4, 0.5) is 5.00 Å². The number of amides is 1. The molecule has 23 heavy (non-hydrogen) atoms. The second kappa shape index (κ2) is 6.18. The highest BCUT2D eigenvalue weighted by atomic mass is 32.1. The summed E-state index contributed by atoms with van der Waals surface area (Å²) in [7, 11) is 0. The van der Waals surface area contributed by atoms with Crippen molar-refractivity contribution in [1.29, 1.82) is 0 Å². The summed E-state index contributed by atoms with van der Waals surface area (Å²) in [5, 5.41) is 17.7.